The van der Waals surface area contributed by atoms with Gasteiger partial charge in [-0.05, 0) is 19.8 Å². The maximum Gasteiger partial charge on any atom is 0.316 e. The Balaban J connectivity index is 4.22. The van der Waals surface area contributed by atoms with Gasteiger partial charge in [-0.2, -0.15) is 0 Å². The summed E-state index contributed by atoms with van der Waals surface area (Å²) in [6.07, 6.45) is 0. The zero-order chi connectivity index (χ0) is 12.9. The van der Waals surface area contributed by atoms with Crippen LogP contribution in [0.1, 0.15) is 27.7 Å². The van der Waals surface area contributed by atoms with E-state index in [2.05, 4.69) is 0 Å². The fourth-order valence-corrected chi connectivity index (χ4v) is 2.15. The van der Waals surface area contributed by atoms with Crippen LogP contribution in [-0.4, -0.2) is 46.0 Å². The van der Waals surface area contributed by atoms with Crippen molar-refractivity contribution in [1.82, 2.24) is 4.90 Å². The third-order valence-electron chi connectivity index (χ3n) is 2.40. The first-order valence-electron chi connectivity index (χ1n) is 5.37. The molecule has 5 heteroatoms. The van der Waals surface area contributed by atoms with Crippen molar-refractivity contribution in [2.75, 3.05) is 12.8 Å². The molecule has 0 aromatic carbocycles. The van der Waals surface area contributed by atoms with E-state index in [0.29, 0.717) is 0 Å². The average Bonchev–Trinajstić information content (AvgIpc) is 2.15. The molecule has 0 aromatic rings. The van der Waals surface area contributed by atoms with E-state index in [9.17, 15) is 9.59 Å². The number of nitrogens with zero attached hydrogens (tertiary/aromatic N) is 1. The number of rotatable bonds is 6. The first-order valence-corrected chi connectivity index (χ1v) is 6.42. The predicted molar refractivity (Wildman–Crippen MR) is 66.6 cm³/mol. The summed E-state index contributed by atoms with van der Waals surface area (Å²) < 4.78 is 0. The average molecular weight is 247 g/mol. The zero-order valence-corrected chi connectivity index (χ0v) is 11.4. The number of amides is 1. The summed E-state index contributed by atoms with van der Waals surface area (Å²) >= 11 is 1.20. The van der Waals surface area contributed by atoms with Gasteiger partial charge in [0.1, 0.15) is 5.25 Å². The standard InChI is InChI=1S/C11H21NO3S/c1-7(2)10(11(14)15)16-6-9(13)12(5)8(3)4/h7-8,10H,6H2,1-5H3,(H,14,15). The van der Waals surface area contributed by atoms with Crippen LogP contribution in [0, 0.1) is 5.92 Å². The van der Waals surface area contributed by atoms with Gasteiger partial charge in [-0.25, -0.2) is 0 Å². The molecule has 0 aromatic heterocycles. The van der Waals surface area contributed by atoms with Gasteiger partial charge in [0.15, 0.2) is 0 Å². The molecule has 0 aliphatic heterocycles. The van der Waals surface area contributed by atoms with Gasteiger partial charge < -0.3 is 10.0 Å². The smallest absolute Gasteiger partial charge is 0.316 e. The molecule has 0 saturated heterocycles. The zero-order valence-electron chi connectivity index (χ0n) is 10.6. The van der Waals surface area contributed by atoms with Crippen molar-refractivity contribution in [3.05, 3.63) is 0 Å². The summed E-state index contributed by atoms with van der Waals surface area (Å²) in [5.74, 6) is -0.615. The van der Waals surface area contributed by atoms with Crippen molar-refractivity contribution in [3.8, 4) is 0 Å². The van der Waals surface area contributed by atoms with Crippen LogP contribution in [0.3, 0.4) is 0 Å². The SMILES string of the molecule is CC(C)C(SCC(=O)N(C)C(C)C)C(=O)O. The lowest BCUT2D eigenvalue weighted by molar-refractivity contribution is -0.137. The minimum Gasteiger partial charge on any atom is -0.480 e. The second-order valence-corrected chi connectivity index (χ2v) is 5.54. The van der Waals surface area contributed by atoms with Gasteiger partial charge in [0.2, 0.25) is 5.91 Å². The molecule has 1 unspecified atom stereocenters. The molecule has 1 N–H and O–H groups in total. The Kier molecular flexibility index (Phi) is 6.48. The summed E-state index contributed by atoms with van der Waals surface area (Å²) in [7, 11) is 1.73. The number of hydrogen-bond donors (Lipinski definition) is 1. The van der Waals surface area contributed by atoms with Gasteiger partial charge in [-0.1, -0.05) is 13.8 Å². The van der Waals surface area contributed by atoms with Gasteiger partial charge in [-0.3, -0.25) is 9.59 Å². The first-order chi connectivity index (χ1) is 7.27. The highest BCUT2D eigenvalue weighted by Gasteiger charge is 2.24. The van der Waals surface area contributed by atoms with Crippen molar-refractivity contribution in [2.24, 2.45) is 5.92 Å². The molecule has 0 aliphatic carbocycles. The van der Waals surface area contributed by atoms with E-state index in [4.69, 9.17) is 5.11 Å². The monoisotopic (exact) mass is 247 g/mol. The van der Waals surface area contributed by atoms with E-state index in [-0.39, 0.29) is 23.6 Å². The molecule has 1 amide bonds. The van der Waals surface area contributed by atoms with Crippen molar-refractivity contribution >= 4 is 23.6 Å². The summed E-state index contributed by atoms with van der Waals surface area (Å²) in [6, 6.07) is 0.149. The number of hydrogen-bond acceptors (Lipinski definition) is 3. The number of carbonyl (C=O) groups is 2. The second kappa shape index (κ2) is 6.78. The van der Waals surface area contributed by atoms with Crippen LogP contribution >= 0.6 is 11.8 Å². The third-order valence-corrected chi connectivity index (χ3v) is 3.92. The Morgan fingerprint density at radius 2 is 1.75 bits per heavy atom. The van der Waals surface area contributed by atoms with Crippen molar-refractivity contribution in [2.45, 2.75) is 39.0 Å². The molecular formula is C11H21NO3S. The number of carboxylic acids is 1. The molecule has 0 saturated carbocycles. The van der Waals surface area contributed by atoms with Crippen molar-refractivity contribution < 1.29 is 14.7 Å². The molecule has 4 nitrogen and oxygen atoms in total. The van der Waals surface area contributed by atoms with Crippen LogP contribution in [0.2, 0.25) is 0 Å². The molecule has 0 heterocycles. The summed E-state index contributed by atoms with van der Waals surface area (Å²) in [5.41, 5.74) is 0. The van der Waals surface area contributed by atoms with E-state index in [0.717, 1.165) is 0 Å². The molecule has 1 atom stereocenters. The summed E-state index contributed by atoms with van der Waals surface area (Å²) in [5, 5.41) is 8.45. The normalized spacial score (nSPS) is 12.9. The Hall–Kier alpha value is -0.710. The molecule has 0 bridgehead atoms. The Morgan fingerprint density at radius 1 is 1.25 bits per heavy atom. The molecule has 0 aliphatic rings. The maximum absolute atomic E-state index is 11.6. The molecule has 16 heavy (non-hydrogen) atoms. The van der Waals surface area contributed by atoms with Crippen molar-refractivity contribution in [1.29, 1.82) is 0 Å². The van der Waals surface area contributed by atoms with Crippen LogP contribution in [-0.2, 0) is 9.59 Å². The van der Waals surface area contributed by atoms with E-state index >= 15 is 0 Å². The Bertz CT molecular complexity index is 254. The molecule has 0 spiro atoms. The van der Waals surface area contributed by atoms with Crippen LogP contribution in [0.15, 0.2) is 0 Å². The van der Waals surface area contributed by atoms with Crippen LogP contribution in [0.5, 0.6) is 0 Å². The van der Waals surface area contributed by atoms with Crippen LogP contribution in [0.4, 0.5) is 0 Å². The predicted octanol–water partition coefficient (Wildman–Crippen LogP) is 1.70. The van der Waals surface area contributed by atoms with Crippen LogP contribution in [0.25, 0.3) is 0 Å². The number of thioether (sulfide) groups is 1. The molecular weight excluding hydrogens is 226 g/mol. The fraction of sp³-hybridized carbons (Fsp3) is 0.818. The van der Waals surface area contributed by atoms with E-state index < -0.39 is 11.2 Å². The van der Waals surface area contributed by atoms with Gasteiger partial charge >= 0.3 is 5.97 Å². The lowest BCUT2D eigenvalue weighted by atomic mass is 10.1. The highest BCUT2D eigenvalue weighted by molar-refractivity contribution is 8.01. The van der Waals surface area contributed by atoms with Gasteiger partial charge in [0.05, 0.1) is 5.75 Å². The van der Waals surface area contributed by atoms with Crippen LogP contribution < -0.4 is 0 Å². The second-order valence-electron chi connectivity index (χ2n) is 4.41. The summed E-state index contributed by atoms with van der Waals surface area (Å²) in [4.78, 5) is 24.2. The Labute approximate surface area is 101 Å². The molecule has 0 rings (SSSR count). The quantitative estimate of drug-likeness (QED) is 0.776. The maximum atomic E-state index is 11.6. The largest absolute Gasteiger partial charge is 0.480 e. The van der Waals surface area contributed by atoms with Gasteiger partial charge in [0.25, 0.3) is 0 Å². The number of aliphatic carboxylic acids is 1. The minimum absolute atomic E-state index is 0.0214. The molecule has 0 fully saturated rings. The van der Waals surface area contributed by atoms with E-state index in [1.54, 1.807) is 11.9 Å². The lowest BCUT2D eigenvalue weighted by Gasteiger charge is -2.22. The van der Waals surface area contributed by atoms with Crippen molar-refractivity contribution in [3.63, 3.8) is 0 Å². The van der Waals surface area contributed by atoms with E-state index in [1.807, 2.05) is 27.7 Å². The number of carboxylic acid groups (broad SMARTS) is 1. The minimum atomic E-state index is -0.847. The van der Waals surface area contributed by atoms with E-state index in [1.165, 1.54) is 11.8 Å². The highest BCUT2D eigenvalue weighted by atomic mass is 32.2. The van der Waals surface area contributed by atoms with Gasteiger partial charge in [-0.15, -0.1) is 11.8 Å². The fourth-order valence-electron chi connectivity index (χ4n) is 1.10. The first kappa shape index (κ1) is 15.3. The topological polar surface area (TPSA) is 57.6 Å². The lowest BCUT2D eigenvalue weighted by Crippen LogP contribution is -2.35. The summed E-state index contributed by atoms with van der Waals surface area (Å²) in [6.45, 7) is 7.56. The molecule has 0 radical (unpaired) electrons. The number of carbonyl (C=O) groups excluding carboxylic acids is 1. The highest BCUT2D eigenvalue weighted by Crippen LogP contribution is 2.20. The molecule has 94 valence electrons. The van der Waals surface area contributed by atoms with Gasteiger partial charge in [0, 0.05) is 13.1 Å². The Morgan fingerprint density at radius 3 is 2.06 bits per heavy atom. The third kappa shape index (κ3) is 4.88.